The van der Waals surface area contributed by atoms with Gasteiger partial charge in [-0.1, -0.05) is 48.5 Å². The summed E-state index contributed by atoms with van der Waals surface area (Å²) in [6, 6.07) is 29.1. The number of halogens is 1. The van der Waals surface area contributed by atoms with Crippen molar-refractivity contribution in [2.45, 2.75) is 13.8 Å². The van der Waals surface area contributed by atoms with Crippen molar-refractivity contribution in [3.63, 3.8) is 0 Å². The summed E-state index contributed by atoms with van der Waals surface area (Å²) >= 11 is 0. The molecule has 27 heavy (non-hydrogen) atoms. The van der Waals surface area contributed by atoms with Crippen molar-refractivity contribution >= 4 is 29.1 Å². The zero-order chi connectivity index (χ0) is 18.4. The molecule has 0 unspecified atom stereocenters. The lowest BCUT2D eigenvalue weighted by Gasteiger charge is -2.27. The maximum Gasteiger partial charge on any atom is 0.342 e. The largest absolute Gasteiger partial charge is 1.00 e. The molecule has 0 heterocycles. The van der Waals surface area contributed by atoms with Gasteiger partial charge in [0.05, 0.1) is 12.8 Å². The molecule has 2 nitrogen and oxygen atoms in total. The average molecular weight is 443 g/mol. The minimum absolute atomic E-state index is 0. The van der Waals surface area contributed by atoms with Gasteiger partial charge in [0.15, 0.2) is 0 Å². The molecule has 0 saturated heterocycles. The summed E-state index contributed by atoms with van der Waals surface area (Å²) in [5.41, 5.74) is 0.678. The van der Waals surface area contributed by atoms with Crippen LogP contribution in [0.2, 0.25) is 0 Å². The van der Waals surface area contributed by atoms with Gasteiger partial charge in [-0.05, 0) is 50.2 Å². The molecule has 0 fully saturated rings. The maximum atomic E-state index is 12.7. The van der Waals surface area contributed by atoms with Gasteiger partial charge in [0.2, 0.25) is 0 Å². The van der Waals surface area contributed by atoms with Gasteiger partial charge in [-0.25, -0.2) is 4.79 Å². The Bertz CT molecular complexity index is 826. The Morgan fingerprint density at radius 1 is 0.778 bits per heavy atom. The molecule has 0 amide bonds. The summed E-state index contributed by atoms with van der Waals surface area (Å²) in [6.07, 6.45) is 0.942. The minimum Gasteiger partial charge on any atom is -1.00 e. The van der Waals surface area contributed by atoms with E-state index < -0.39 is 7.26 Å². The number of hydrogen-bond acceptors (Lipinski definition) is 2. The van der Waals surface area contributed by atoms with Crippen LogP contribution in [0.5, 0.6) is 0 Å². The summed E-state index contributed by atoms with van der Waals surface area (Å²) in [5.74, 6) is -0.243. The van der Waals surface area contributed by atoms with Crippen LogP contribution in [0.4, 0.5) is 0 Å². The molecule has 0 aliphatic carbocycles. The lowest BCUT2D eigenvalue weighted by molar-refractivity contribution is -0.0000232. The van der Waals surface area contributed by atoms with E-state index in [9.17, 15) is 4.79 Å². The third kappa shape index (κ3) is 4.15. The summed E-state index contributed by atoms with van der Waals surface area (Å²) < 4.78 is 5.36. The normalized spacial score (nSPS) is 10.7. The molecule has 3 rings (SSSR count). The van der Waals surface area contributed by atoms with E-state index >= 15 is 0 Å². The fourth-order valence-electron chi connectivity index (χ4n) is 3.52. The Hall–Kier alpha value is -1.96. The fraction of sp³-hybridized carbons (Fsp3) is 0.174. The Morgan fingerprint density at radius 2 is 1.26 bits per heavy atom. The summed E-state index contributed by atoms with van der Waals surface area (Å²) in [5, 5.41) is 3.66. The molecule has 0 spiro atoms. The second-order valence-electron chi connectivity index (χ2n) is 6.03. The number of rotatable bonds is 6. The van der Waals surface area contributed by atoms with E-state index in [0.29, 0.717) is 12.2 Å². The Morgan fingerprint density at radius 3 is 1.74 bits per heavy atom. The van der Waals surface area contributed by atoms with Gasteiger partial charge in [0.1, 0.15) is 28.7 Å². The highest BCUT2D eigenvalue weighted by atomic mass is 79.9. The summed E-state index contributed by atoms with van der Waals surface area (Å²) in [6.45, 7) is 4.44. The van der Waals surface area contributed by atoms with E-state index in [4.69, 9.17) is 4.74 Å². The molecule has 140 valence electrons. The molecule has 0 atom stereocenters. The van der Waals surface area contributed by atoms with Crippen molar-refractivity contribution in [2.24, 2.45) is 0 Å². The minimum atomic E-state index is -1.95. The van der Waals surface area contributed by atoms with E-state index in [-0.39, 0.29) is 23.0 Å². The highest BCUT2D eigenvalue weighted by Crippen LogP contribution is 2.55. The first-order chi connectivity index (χ1) is 12.7. The quantitative estimate of drug-likeness (QED) is 0.423. The van der Waals surface area contributed by atoms with Crippen LogP contribution in [0.3, 0.4) is 0 Å². The number of ether oxygens (including phenoxy) is 1. The van der Waals surface area contributed by atoms with Crippen LogP contribution in [0, 0.1) is 0 Å². The second-order valence-corrected chi connectivity index (χ2v) is 9.80. The molecule has 0 aromatic heterocycles. The van der Waals surface area contributed by atoms with Crippen molar-refractivity contribution in [2.75, 3.05) is 12.8 Å². The molecule has 0 bridgehead atoms. The van der Waals surface area contributed by atoms with Gasteiger partial charge in [0, 0.05) is 0 Å². The first-order valence-corrected chi connectivity index (χ1v) is 11.0. The monoisotopic (exact) mass is 442 g/mol. The van der Waals surface area contributed by atoms with Crippen LogP contribution < -0.4 is 32.9 Å². The van der Waals surface area contributed by atoms with E-state index in [2.05, 4.69) is 61.5 Å². The van der Waals surface area contributed by atoms with Crippen LogP contribution in [0.25, 0.3) is 0 Å². The number of benzene rings is 3. The molecule has 0 saturated carbocycles. The van der Waals surface area contributed by atoms with E-state index in [0.717, 1.165) is 11.5 Å². The van der Waals surface area contributed by atoms with E-state index in [1.54, 1.807) is 0 Å². The van der Waals surface area contributed by atoms with Gasteiger partial charge < -0.3 is 21.7 Å². The molecule has 0 radical (unpaired) electrons. The molecule has 0 aliphatic rings. The van der Waals surface area contributed by atoms with Crippen LogP contribution in [0.15, 0.2) is 84.9 Å². The molecular weight excluding hydrogens is 419 g/mol. The average Bonchev–Trinajstić information content (AvgIpc) is 2.71. The number of hydrogen-bond donors (Lipinski definition) is 0. The van der Waals surface area contributed by atoms with Gasteiger partial charge in [-0.2, -0.15) is 0 Å². The first kappa shape index (κ1) is 21.3. The van der Waals surface area contributed by atoms with Crippen molar-refractivity contribution in [1.29, 1.82) is 0 Å². The highest BCUT2D eigenvalue weighted by Gasteiger charge is 2.46. The highest BCUT2D eigenvalue weighted by molar-refractivity contribution is 7.95. The van der Waals surface area contributed by atoms with Gasteiger partial charge in [-0.3, -0.25) is 0 Å². The predicted molar refractivity (Wildman–Crippen MR) is 112 cm³/mol. The Balaban J connectivity index is 0.00000261. The van der Waals surface area contributed by atoms with Crippen molar-refractivity contribution in [3.05, 3.63) is 90.5 Å². The lowest BCUT2D eigenvalue weighted by atomic mass is 10.2. The van der Waals surface area contributed by atoms with Gasteiger partial charge in [-0.15, -0.1) is 0 Å². The molecule has 4 heteroatoms. The zero-order valence-electron chi connectivity index (χ0n) is 15.6. The molecule has 3 aromatic carbocycles. The smallest absolute Gasteiger partial charge is 0.342 e. The Labute approximate surface area is 172 Å². The number of esters is 1. The molecule has 0 N–H and O–H groups in total. The molecular formula is C23H24BrO2P. The summed E-state index contributed by atoms with van der Waals surface area (Å²) in [4.78, 5) is 12.7. The Kier molecular flexibility index (Phi) is 7.77. The van der Waals surface area contributed by atoms with Crippen LogP contribution in [0.1, 0.15) is 24.2 Å². The fourth-order valence-corrected chi connectivity index (χ4v) is 7.72. The second kappa shape index (κ2) is 9.82. The van der Waals surface area contributed by atoms with Crippen molar-refractivity contribution in [3.8, 4) is 0 Å². The predicted octanol–water partition coefficient (Wildman–Crippen LogP) is 1.18. The van der Waals surface area contributed by atoms with Gasteiger partial charge in [0.25, 0.3) is 0 Å². The molecule has 3 aromatic rings. The van der Waals surface area contributed by atoms with E-state index in [1.807, 2.05) is 37.3 Å². The van der Waals surface area contributed by atoms with Crippen molar-refractivity contribution in [1.82, 2.24) is 0 Å². The van der Waals surface area contributed by atoms with Crippen molar-refractivity contribution < 1.29 is 26.5 Å². The number of carbonyl (C=O) groups is 1. The zero-order valence-corrected chi connectivity index (χ0v) is 18.1. The summed E-state index contributed by atoms with van der Waals surface area (Å²) in [7, 11) is -1.95. The third-order valence-corrected chi connectivity index (χ3v) is 9.20. The van der Waals surface area contributed by atoms with E-state index in [1.165, 1.54) is 10.6 Å². The lowest BCUT2D eigenvalue weighted by Crippen LogP contribution is -3.00. The van der Waals surface area contributed by atoms with Crippen LogP contribution in [-0.2, 0) is 4.74 Å². The third-order valence-electron chi connectivity index (χ3n) is 4.68. The first-order valence-electron chi connectivity index (χ1n) is 9.00. The number of carbonyl (C=O) groups excluding carboxylic acids is 1. The topological polar surface area (TPSA) is 26.3 Å². The van der Waals surface area contributed by atoms with Crippen LogP contribution in [-0.4, -0.2) is 18.7 Å². The molecule has 0 aliphatic heterocycles. The van der Waals surface area contributed by atoms with Gasteiger partial charge >= 0.3 is 5.97 Å². The standard InChI is InChI=1S/C23H24O2P.BrH/c1-3-25-23(24)21-17-11-12-18-22(21)26(4-2,19-13-7-5-8-14-19)20-15-9-6-10-16-20;/h5-18H,3-4H2,1-2H3;1H/q+1;/p-1. The van der Waals surface area contributed by atoms with Crippen LogP contribution >= 0.6 is 7.26 Å². The maximum absolute atomic E-state index is 12.7. The SMILES string of the molecule is CCOC(=O)c1ccccc1[P+](CC)(c1ccccc1)c1ccccc1.[Br-].